The van der Waals surface area contributed by atoms with E-state index in [2.05, 4.69) is 27.6 Å². The lowest BCUT2D eigenvalue weighted by molar-refractivity contribution is 0.0976. The lowest BCUT2D eigenvalue weighted by Gasteiger charge is -2.12. The highest BCUT2D eigenvalue weighted by atomic mass is 16.7. The summed E-state index contributed by atoms with van der Waals surface area (Å²) >= 11 is 0. The number of amides is 1. The van der Waals surface area contributed by atoms with Crippen molar-refractivity contribution in [2.24, 2.45) is 4.99 Å². The molecule has 1 aliphatic heterocycles. The van der Waals surface area contributed by atoms with Crippen LogP contribution in [0.3, 0.4) is 0 Å². The van der Waals surface area contributed by atoms with Gasteiger partial charge < -0.3 is 14.8 Å². The summed E-state index contributed by atoms with van der Waals surface area (Å²) in [6.07, 6.45) is 3.02. The Morgan fingerprint density at radius 2 is 2.00 bits per heavy atom. The van der Waals surface area contributed by atoms with Crippen molar-refractivity contribution < 1.29 is 14.3 Å². The molecule has 0 aliphatic carbocycles. The molecule has 1 amide bonds. The standard InChI is InChI=1S/C24H27N5O3/c1-4-10-29-14-19(17(3)28-29)13-25-24(26-20-7-5-6-16(2)11-20)27-23(30)18-8-9-21-22(12-18)32-15-31-21/h5-9,11-12,14H,4,10,13,15H2,1-3H3,(H2,25,26,27,30). The first-order valence-corrected chi connectivity index (χ1v) is 10.6. The molecule has 0 saturated carbocycles. The zero-order chi connectivity index (χ0) is 22.5. The molecule has 0 fully saturated rings. The molecular weight excluding hydrogens is 406 g/mol. The van der Waals surface area contributed by atoms with Gasteiger partial charge in [-0.25, -0.2) is 4.99 Å². The highest BCUT2D eigenvalue weighted by Gasteiger charge is 2.17. The van der Waals surface area contributed by atoms with Gasteiger partial charge in [0.25, 0.3) is 5.91 Å². The van der Waals surface area contributed by atoms with Gasteiger partial charge in [-0.15, -0.1) is 0 Å². The molecule has 2 N–H and O–H groups in total. The minimum atomic E-state index is -0.291. The van der Waals surface area contributed by atoms with Crippen molar-refractivity contribution >= 4 is 17.6 Å². The molecule has 3 aromatic rings. The van der Waals surface area contributed by atoms with Crippen molar-refractivity contribution in [1.29, 1.82) is 0 Å². The summed E-state index contributed by atoms with van der Waals surface area (Å²) in [5.74, 6) is 1.26. The van der Waals surface area contributed by atoms with Gasteiger partial charge in [0.2, 0.25) is 12.8 Å². The van der Waals surface area contributed by atoms with E-state index in [9.17, 15) is 4.79 Å². The number of nitrogens with zero attached hydrogens (tertiary/aromatic N) is 3. The Morgan fingerprint density at radius 1 is 1.16 bits per heavy atom. The third kappa shape index (κ3) is 5.08. The first-order chi connectivity index (χ1) is 15.5. The van der Waals surface area contributed by atoms with Gasteiger partial charge in [0.05, 0.1) is 12.2 Å². The number of guanidine groups is 1. The lowest BCUT2D eigenvalue weighted by atomic mass is 10.2. The second kappa shape index (κ2) is 9.55. The highest BCUT2D eigenvalue weighted by Crippen LogP contribution is 2.32. The zero-order valence-corrected chi connectivity index (χ0v) is 18.5. The Kier molecular flexibility index (Phi) is 6.39. The number of aromatic nitrogens is 2. The molecule has 2 heterocycles. The molecule has 0 unspecified atom stereocenters. The topological polar surface area (TPSA) is 89.8 Å². The second-order valence-corrected chi connectivity index (χ2v) is 7.68. The first-order valence-electron chi connectivity index (χ1n) is 10.6. The third-order valence-corrected chi connectivity index (χ3v) is 5.06. The van der Waals surface area contributed by atoms with Crippen LogP contribution >= 0.6 is 0 Å². The maximum absolute atomic E-state index is 12.9. The molecule has 0 radical (unpaired) electrons. The van der Waals surface area contributed by atoms with Crippen LogP contribution in [-0.4, -0.2) is 28.4 Å². The van der Waals surface area contributed by atoms with E-state index in [0.717, 1.165) is 35.5 Å². The van der Waals surface area contributed by atoms with Crippen LogP contribution < -0.4 is 20.1 Å². The van der Waals surface area contributed by atoms with Gasteiger partial charge >= 0.3 is 0 Å². The van der Waals surface area contributed by atoms with Crippen molar-refractivity contribution in [2.75, 3.05) is 12.1 Å². The van der Waals surface area contributed by atoms with Crippen LogP contribution in [0.1, 0.15) is 40.5 Å². The third-order valence-electron chi connectivity index (χ3n) is 5.06. The number of carbonyl (C=O) groups is 1. The summed E-state index contributed by atoms with van der Waals surface area (Å²) in [5.41, 5.74) is 4.35. The van der Waals surface area contributed by atoms with Gasteiger partial charge in [-0.2, -0.15) is 5.10 Å². The minimum absolute atomic E-state index is 0.160. The number of carbonyl (C=O) groups excluding carboxylic acids is 1. The van der Waals surface area contributed by atoms with Crippen molar-refractivity contribution in [3.05, 3.63) is 71.0 Å². The van der Waals surface area contributed by atoms with E-state index in [-0.39, 0.29) is 12.7 Å². The maximum Gasteiger partial charge on any atom is 0.258 e. The average molecular weight is 434 g/mol. The molecule has 8 heteroatoms. The fourth-order valence-electron chi connectivity index (χ4n) is 3.41. The monoisotopic (exact) mass is 433 g/mol. The van der Waals surface area contributed by atoms with E-state index in [1.807, 2.05) is 49.0 Å². The van der Waals surface area contributed by atoms with Crippen LogP contribution in [0.5, 0.6) is 11.5 Å². The van der Waals surface area contributed by atoms with Crippen LogP contribution in [0.25, 0.3) is 0 Å². The lowest BCUT2D eigenvalue weighted by Crippen LogP contribution is -2.36. The summed E-state index contributed by atoms with van der Waals surface area (Å²) in [7, 11) is 0. The SMILES string of the molecule is CCCn1cc(CN=C(NC(=O)c2ccc3c(c2)OCO3)Nc2cccc(C)c2)c(C)n1. The number of fused-ring (bicyclic) bond motifs is 1. The van der Waals surface area contributed by atoms with Gasteiger partial charge in [-0.3, -0.25) is 14.8 Å². The maximum atomic E-state index is 12.9. The van der Waals surface area contributed by atoms with Crippen molar-refractivity contribution in [2.45, 2.75) is 40.3 Å². The van der Waals surface area contributed by atoms with Crippen molar-refractivity contribution in [1.82, 2.24) is 15.1 Å². The fourth-order valence-corrected chi connectivity index (χ4v) is 3.41. The largest absolute Gasteiger partial charge is 0.454 e. The second-order valence-electron chi connectivity index (χ2n) is 7.68. The first kappa shape index (κ1) is 21.4. The van der Waals surface area contributed by atoms with Crippen LogP contribution in [-0.2, 0) is 13.1 Å². The Bertz CT molecular complexity index is 1150. The average Bonchev–Trinajstić information content (AvgIpc) is 3.37. The molecule has 32 heavy (non-hydrogen) atoms. The van der Waals surface area contributed by atoms with E-state index in [4.69, 9.17) is 9.47 Å². The number of aryl methyl sites for hydroxylation is 3. The molecule has 0 bridgehead atoms. The summed E-state index contributed by atoms with van der Waals surface area (Å²) in [5, 5.41) is 10.6. The molecular formula is C24H27N5O3. The number of hydrogen-bond donors (Lipinski definition) is 2. The Morgan fingerprint density at radius 3 is 2.81 bits per heavy atom. The Hall–Kier alpha value is -3.81. The molecule has 166 valence electrons. The predicted octanol–water partition coefficient (Wildman–Crippen LogP) is 4.04. The zero-order valence-electron chi connectivity index (χ0n) is 18.5. The van der Waals surface area contributed by atoms with E-state index in [0.29, 0.717) is 29.6 Å². The number of benzene rings is 2. The van der Waals surface area contributed by atoms with Crippen LogP contribution in [0.2, 0.25) is 0 Å². The quantitative estimate of drug-likeness (QED) is 0.452. The number of hydrogen-bond acceptors (Lipinski definition) is 5. The van der Waals surface area contributed by atoms with Crippen molar-refractivity contribution in [3.63, 3.8) is 0 Å². The van der Waals surface area contributed by atoms with E-state index < -0.39 is 0 Å². The molecule has 4 rings (SSSR count). The van der Waals surface area contributed by atoms with Gasteiger partial charge in [0.15, 0.2) is 11.5 Å². The van der Waals surface area contributed by atoms with Crippen LogP contribution in [0, 0.1) is 13.8 Å². The van der Waals surface area contributed by atoms with Gasteiger partial charge in [-0.05, 0) is 56.2 Å². The Labute approximate surface area is 187 Å². The minimum Gasteiger partial charge on any atom is -0.454 e. The van der Waals surface area contributed by atoms with Crippen LogP contribution in [0.4, 0.5) is 5.69 Å². The number of rotatable bonds is 6. The van der Waals surface area contributed by atoms with Crippen molar-refractivity contribution in [3.8, 4) is 11.5 Å². The number of anilines is 1. The summed E-state index contributed by atoms with van der Waals surface area (Å²) < 4.78 is 12.6. The molecule has 1 aliphatic rings. The van der Waals surface area contributed by atoms with Gasteiger partial charge in [0.1, 0.15) is 0 Å². The van der Waals surface area contributed by atoms with E-state index in [1.54, 1.807) is 18.2 Å². The van der Waals surface area contributed by atoms with Crippen LogP contribution in [0.15, 0.2) is 53.7 Å². The van der Waals surface area contributed by atoms with Gasteiger partial charge in [-0.1, -0.05) is 19.1 Å². The highest BCUT2D eigenvalue weighted by molar-refractivity contribution is 6.10. The molecule has 8 nitrogen and oxygen atoms in total. The summed E-state index contributed by atoms with van der Waals surface area (Å²) in [4.78, 5) is 17.6. The molecule has 0 spiro atoms. The molecule has 2 aromatic carbocycles. The number of nitrogens with one attached hydrogen (secondary N) is 2. The molecule has 0 saturated heterocycles. The van der Waals surface area contributed by atoms with E-state index in [1.165, 1.54) is 0 Å². The van der Waals surface area contributed by atoms with Gasteiger partial charge in [0, 0.05) is 29.6 Å². The Balaban J connectivity index is 1.55. The smallest absolute Gasteiger partial charge is 0.258 e. The number of ether oxygens (including phenoxy) is 2. The normalized spacial score (nSPS) is 12.7. The number of aliphatic imine (C=N–C) groups is 1. The molecule has 0 atom stereocenters. The summed E-state index contributed by atoms with van der Waals surface area (Å²) in [6, 6.07) is 13.0. The van der Waals surface area contributed by atoms with E-state index >= 15 is 0 Å². The molecule has 1 aromatic heterocycles. The fraction of sp³-hybridized carbons (Fsp3) is 0.292. The summed E-state index contributed by atoms with van der Waals surface area (Å²) in [6.45, 7) is 7.51. The predicted molar refractivity (Wildman–Crippen MR) is 123 cm³/mol.